The SMILES string of the molecule is Cc1cc(-c2ccc(N3CCNCC3)nc2C(C)C)cn(C)c1=O. The van der Waals surface area contributed by atoms with E-state index in [-0.39, 0.29) is 5.56 Å². The van der Waals surface area contributed by atoms with Gasteiger partial charge in [-0.15, -0.1) is 0 Å². The molecule has 0 saturated carbocycles. The van der Waals surface area contributed by atoms with Crippen LogP contribution in [-0.2, 0) is 7.05 Å². The van der Waals surface area contributed by atoms with E-state index in [1.165, 1.54) is 0 Å². The summed E-state index contributed by atoms with van der Waals surface area (Å²) in [4.78, 5) is 19.3. The third kappa shape index (κ3) is 3.22. The fraction of sp³-hybridized carbons (Fsp3) is 0.474. The molecule has 5 nitrogen and oxygen atoms in total. The lowest BCUT2D eigenvalue weighted by Crippen LogP contribution is -2.44. The third-order valence-corrected chi connectivity index (χ3v) is 4.57. The Kier molecular flexibility index (Phi) is 4.71. The second kappa shape index (κ2) is 6.77. The fourth-order valence-corrected chi connectivity index (χ4v) is 3.24. The summed E-state index contributed by atoms with van der Waals surface area (Å²) < 4.78 is 1.65. The lowest BCUT2D eigenvalue weighted by Gasteiger charge is -2.29. The zero-order valence-electron chi connectivity index (χ0n) is 15.0. The van der Waals surface area contributed by atoms with Crippen molar-refractivity contribution in [1.29, 1.82) is 0 Å². The van der Waals surface area contributed by atoms with Gasteiger partial charge in [-0.3, -0.25) is 4.79 Å². The number of nitrogens with zero attached hydrogens (tertiary/aromatic N) is 3. The lowest BCUT2D eigenvalue weighted by molar-refractivity contribution is 0.583. The second-order valence-electron chi connectivity index (χ2n) is 6.82. The van der Waals surface area contributed by atoms with Gasteiger partial charge in [-0.25, -0.2) is 4.98 Å². The van der Waals surface area contributed by atoms with Crippen molar-refractivity contribution in [1.82, 2.24) is 14.9 Å². The van der Waals surface area contributed by atoms with Gasteiger partial charge < -0.3 is 14.8 Å². The van der Waals surface area contributed by atoms with Gasteiger partial charge >= 0.3 is 0 Å². The van der Waals surface area contributed by atoms with Crippen LogP contribution in [0.4, 0.5) is 5.82 Å². The fourth-order valence-electron chi connectivity index (χ4n) is 3.24. The molecular weight excluding hydrogens is 300 g/mol. The molecule has 0 radical (unpaired) electrons. The van der Waals surface area contributed by atoms with E-state index >= 15 is 0 Å². The van der Waals surface area contributed by atoms with Gasteiger partial charge in [0.2, 0.25) is 0 Å². The maximum Gasteiger partial charge on any atom is 0.253 e. The van der Waals surface area contributed by atoms with Gasteiger partial charge in [-0.05, 0) is 31.0 Å². The molecule has 0 amide bonds. The first-order valence-corrected chi connectivity index (χ1v) is 8.61. The molecule has 0 atom stereocenters. The summed E-state index contributed by atoms with van der Waals surface area (Å²) >= 11 is 0. The van der Waals surface area contributed by atoms with Crippen molar-refractivity contribution in [3.63, 3.8) is 0 Å². The van der Waals surface area contributed by atoms with Crippen LogP contribution in [-0.4, -0.2) is 35.7 Å². The van der Waals surface area contributed by atoms with Crippen LogP contribution < -0.4 is 15.8 Å². The predicted molar refractivity (Wildman–Crippen MR) is 98.8 cm³/mol. The molecule has 1 fully saturated rings. The topological polar surface area (TPSA) is 50.2 Å². The normalized spacial score (nSPS) is 15.1. The maximum atomic E-state index is 12.0. The van der Waals surface area contributed by atoms with Crippen molar-refractivity contribution >= 4 is 5.82 Å². The number of pyridine rings is 2. The van der Waals surface area contributed by atoms with Crippen LogP contribution in [0.3, 0.4) is 0 Å². The van der Waals surface area contributed by atoms with Gasteiger partial charge in [-0.2, -0.15) is 0 Å². The minimum Gasteiger partial charge on any atom is -0.354 e. The lowest BCUT2D eigenvalue weighted by atomic mass is 9.97. The molecule has 2 aromatic heterocycles. The number of nitrogens with one attached hydrogen (secondary N) is 1. The van der Waals surface area contributed by atoms with Gasteiger partial charge in [0.25, 0.3) is 5.56 Å². The highest BCUT2D eigenvalue weighted by Gasteiger charge is 2.17. The Morgan fingerprint density at radius 2 is 1.92 bits per heavy atom. The molecule has 5 heteroatoms. The van der Waals surface area contributed by atoms with Crippen LogP contribution in [0.2, 0.25) is 0 Å². The first-order valence-electron chi connectivity index (χ1n) is 8.61. The van der Waals surface area contributed by atoms with Crippen molar-refractivity contribution in [2.45, 2.75) is 26.7 Å². The van der Waals surface area contributed by atoms with E-state index in [0.29, 0.717) is 5.92 Å². The quantitative estimate of drug-likeness (QED) is 0.940. The smallest absolute Gasteiger partial charge is 0.253 e. The van der Waals surface area contributed by atoms with Crippen molar-refractivity contribution in [2.24, 2.45) is 7.05 Å². The highest BCUT2D eigenvalue weighted by atomic mass is 16.1. The molecule has 0 aliphatic carbocycles. The first-order chi connectivity index (χ1) is 11.5. The summed E-state index contributed by atoms with van der Waals surface area (Å²) in [6.45, 7) is 10.2. The van der Waals surface area contributed by atoms with E-state index in [9.17, 15) is 4.79 Å². The molecule has 1 aliphatic heterocycles. The first kappa shape index (κ1) is 16.7. The number of hydrogen-bond acceptors (Lipinski definition) is 4. The number of hydrogen-bond donors (Lipinski definition) is 1. The second-order valence-corrected chi connectivity index (χ2v) is 6.82. The molecule has 128 valence electrons. The summed E-state index contributed by atoms with van der Waals surface area (Å²) in [5.41, 5.74) is 4.07. The van der Waals surface area contributed by atoms with Gasteiger partial charge in [0.05, 0.1) is 5.69 Å². The maximum absolute atomic E-state index is 12.0. The number of anilines is 1. The van der Waals surface area contributed by atoms with Crippen molar-refractivity contribution in [2.75, 3.05) is 31.1 Å². The Hall–Kier alpha value is -2.14. The van der Waals surface area contributed by atoms with Crippen molar-refractivity contribution in [3.05, 3.63) is 46.0 Å². The van der Waals surface area contributed by atoms with Crippen LogP contribution in [0.15, 0.2) is 29.2 Å². The summed E-state index contributed by atoms with van der Waals surface area (Å²) in [6.07, 6.45) is 1.91. The van der Waals surface area contributed by atoms with E-state index in [1.807, 2.05) is 19.2 Å². The van der Waals surface area contributed by atoms with E-state index in [4.69, 9.17) is 4.98 Å². The number of aromatic nitrogens is 2. The van der Waals surface area contributed by atoms with Crippen LogP contribution in [0, 0.1) is 6.92 Å². The molecule has 24 heavy (non-hydrogen) atoms. The van der Waals surface area contributed by atoms with E-state index in [0.717, 1.165) is 54.4 Å². The van der Waals surface area contributed by atoms with E-state index < -0.39 is 0 Å². The Morgan fingerprint density at radius 3 is 2.54 bits per heavy atom. The highest BCUT2D eigenvalue weighted by Crippen LogP contribution is 2.30. The minimum atomic E-state index is 0.0512. The summed E-state index contributed by atoms with van der Waals surface area (Å²) in [7, 11) is 1.80. The summed E-state index contributed by atoms with van der Waals surface area (Å²) in [5, 5.41) is 3.38. The van der Waals surface area contributed by atoms with Crippen molar-refractivity contribution < 1.29 is 0 Å². The zero-order chi connectivity index (χ0) is 17.3. The molecule has 0 aromatic carbocycles. The molecule has 1 N–H and O–H groups in total. The molecule has 0 bridgehead atoms. The number of rotatable bonds is 3. The molecule has 3 heterocycles. The molecule has 1 saturated heterocycles. The Morgan fingerprint density at radius 1 is 1.21 bits per heavy atom. The van der Waals surface area contributed by atoms with Crippen LogP contribution in [0.5, 0.6) is 0 Å². The Balaban J connectivity index is 2.06. The Bertz CT molecular complexity index is 762. The molecule has 1 aliphatic rings. The number of aryl methyl sites for hydroxylation is 2. The van der Waals surface area contributed by atoms with Gasteiger partial charge in [0.15, 0.2) is 0 Å². The molecular formula is C19H26N4O. The highest BCUT2D eigenvalue weighted by molar-refractivity contribution is 5.68. The van der Waals surface area contributed by atoms with Gasteiger partial charge in [-0.1, -0.05) is 13.8 Å². The van der Waals surface area contributed by atoms with Crippen molar-refractivity contribution in [3.8, 4) is 11.1 Å². The van der Waals surface area contributed by atoms with Gasteiger partial charge in [0, 0.05) is 56.1 Å². The molecule has 2 aromatic rings. The Labute approximate surface area is 143 Å². The summed E-state index contributed by atoms with van der Waals surface area (Å²) in [6, 6.07) is 6.22. The average Bonchev–Trinajstić information content (AvgIpc) is 2.59. The molecule has 3 rings (SSSR count). The third-order valence-electron chi connectivity index (χ3n) is 4.57. The number of piperazine rings is 1. The van der Waals surface area contributed by atoms with Crippen LogP contribution in [0.25, 0.3) is 11.1 Å². The molecule has 0 spiro atoms. The standard InChI is InChI=1S/C19H26N4O/c1-13(2)18-16(15-11-14(3)19(24)22(4)12-15)5-6-17(21-18)23-9-7-20-8-10-23/h5-6,11-13,20H,7-10H2,1-4H3. The zero-order valence-corrected chi connectivity index (χ0v) is 15.0. The van der Waals surface area contributed by atoms with Crippen LogP contribution >= 0.6 is 0 Å². The summed E-state index contributed by atoms with van der Waals surface area (Å²) in [5.74, 6) is 1.37. The molecule has 0 unspecified atom stereocenters. The monoisotopic (exact) mass is 326 g/mol. The van der Waals surface area contributed by atoms with Crippen LogP contribution in [0.1, 0.15) is 31.0 Å². The largest absolute Gasteiger partial charge is 0.354 e. The predicted octanol–water partition coefficient (Wildman–Crippen LogP) is 2.29. The van der Waals surface area contributed by atoms with Gasteiger partial charge in [0.1, 0.15) is 5.82 Å². The van der Waals surface area contributed by atoms with E-state index in [2.05, 4.69) is 36.2 Å². The minimum absolute atomic E-state index is 0.0512. The average molecular weight is 326 g/mol. The van der Waals surface area contributed by atoms with E-state index in [1.54, 1.807) is 11.6 Å².